The molecule has 0 aliphatic carbocycles. The number of nitrogens with zero attached hydrogens (tertiary/aromatic N) is 1. The van der Waals surface area contributed by atoms with Crippen molar-refractivity contribution in [1.82, 2.24) is 4.98 Å². The smallest absolute Gasteiger partial charge is 0.134 e. The van der Waals surface area contributed by atoms with Crippen LogP contribution in [0, 0.1) is 5.82 Å². The van der Waals surface area contributed by atoms with Gasteiger partial charge in [0.15, 0.2) is 0 Å². The molecule has 4 heteroatoms. The molecule has 17 heavy (non-hydrogen) atoms. The predicted octanol–water partition coefficient (Wildman–Crippen LogP) is 4.90. The number of aromatic nitrogens is 1. The maximum Gasteiger partial charge on any atom is 0.134 e. The third-order valence-corrected chi connectivity index (χ3v) is 3.62. The van der Waals surface area contributed by atoms with E-state index in [2.05, 4.69) is 25.8 Å². The number of benzene rings is 1. The van der Waals surface area contributed by atoms with E-state index in [0.29, 0.717) is 15.6 Å². The lowest BCUT2D eigenvalue weighted by molar-refractivity contribution is 0.573. The third-order valence-electron chi connectivity index (χ3n) is 2.45. The van der Waals surface area contributed by atoms with Crippen LogP contribution in [0.1, 0.15) is 26.5 Å². The highest BCUT2D eigenvalue weighted by molar-refractivity contribution is 7.13. The molecule has 0 amide bonds. The molecular weight excluding hydrogens is 257 g/mol. The van der Waals surface area contributed by atoms with Crippen LogP contribution in [0.4, 0.5) is 4.39 Å². The molecule has 0 bridgehead atoms. The fourth-order valence-corrected chi connectivity index (χ4v) is 2.85. The minimum Gasteiger partial charge on any atom is -0.240 e. The maximum atomic E-state index is 13.7. The summed E-state index contributed by atoms with van der Waals surface area (Å²) in [7, 11) is 0. The van der Waals surface area contributed by atoms with Crippen molar-refractivity contribution in [2.75, 3.05) is 0 Å². The standard InChI is InChI=1S/C13H13ClFNS/c1-13(2,3)10-7-17-12(16-10)11-8(14)5-4-6-9(11)15/h4-7H,1-3H3. The highest BCUT2D eigenvalue weighted by Crippen LogP contribution is 2.35. The quantitative estimate of drug-likeness (QED) is 0.717. The summed E-state index contributed by atoms with van der Waals surface area (Å²) in [5.74, 6) is -0.327. The zero-order valence-electron chi connectivity index (χ0n) is 9.92. The van der Waals surface area contributed by atoms with Crippen LogP contribution >= 0.6 is 22.9 Å². The number of hydrogen-bond acceptors (Lipinski definition) is 2. The van der Waals surface area contributed by atoms with Gasteiger partial charge in [0.05, 0.1) is 16.3 Å². The van der Waals surface area contributed by atoms with Crippen LogP contribution < -0.4 is 0 Å². The van der Waals surface area contributed by atoms with E-state index in [1.807, 2.05) is 5.38 Å². The highest BCUT2D eigenvalue weighted by Gasteiger charge is 2.20. The number of hydrogen-bond donors (Lipinski definition) is 0. The first-order valence-corrected chi connectivity index (χ1v) is 6.56. The average molecular weight is 270 g/mol. The summed E-state index contributed by atoms with van der Waals surface area (Å²) in [5.41, 5.74) is 1.32. The van der Waals surface area contributed by atoms with Gasteiger partial charge in [0.25, 0.3) is 0 Å². The van der Waals surface area contributed by atoms with Gasteiger partial charge in [-0.1, -0.05) is 38.4 Å². The van der Waals surface area contributed by atoms with Crippen molar-refractivity contribution >= 4 is 22.9 Å². The molecule has 0 N–H and O–H groups in total. The highest BCUT2D eigenvalue weighted by atomic mass is 35.5. The first-order valence-electron chi connectivity index (χ1n) is 5.30. The van der Waals surface area contributed by atoms with E-state index in [1.165, 1.54) is 17.4 Å². The summed E-state index contributed by atoms with van der Waals surface area (Å²) in [4.78, 5) is 4.47. The molecule has 0 radical (unpaired) electrons. The monoisotopic (exact) mass is 269 g/mol. The predicted molar refractivity (Wildman–Crippen MR) is 71.2 cm³/mol. The number of rotatable bonds is 1. The Labute approximate surface area is 109 Å². The van der Waals surface area contributed by atoms with Gasteiger partial charge in [-0.05, 0) is 12.1 Å². The summed E-state index contributed by atoms with van der Waals surface area (Å²) >= 11 is 7.44. The zero-order chi connectivity index (χ0) is 12.6. The Morgan fingerprint density at radius 1 is 1.29 bits per heavy atom. The average Bonchev–Trinajstić information content (AvgIpc) is 2.65. The molecule has 0 atom stereocenters. The Morgan fingerprint density at radius 2 is 2.00 bits per heavy atom. The zero-order valence-corrected chi connectivity index (χ0v) is 11.5. The van der Waals surface area contributed by atoms with Crippen molar-refractivity contribution in [3.8, 4) is 10.6 Å². The van der Waals surface area contributed by atoms with Gasteiger partial charge in [0, 0.05) is 10.8 Å². The van der Waals surface area contributed by atoms with Crippen LogP contribution in [-0.2, 0) is 5.41 Å². The van der Waals surface area contributed by atoms with Crippen LogP contribution in [0.2, 0.25) is 5.02 Å². The molecule has 2 aromatic rings. The van der Waals surface area contributed by atoms with E-state index in [0.717, 1.165) is 5.69 Å². The van der Waals surface area contributed by atoms with Gasteiger partial charge in [-0.3, -0.25) is 0 Å². The van der Waals surface area contributed by atoms with Crippen LogP contribution in [-0.4, -0.2) is 4.98 Å². The first kappa shape index (κ1) is 12.5. The van der Waals surface area contributed by atoms with Crippen molar-refractivity contribution in [2.24, 2.45) is 0 Å². The summed E-state index contributed by atoms with van der Waals surface area (Å²) in [6.07, 6.45) is 0. The van der Waals surface area contributed by atoms with E-state index in [4.69, 9.17) is 11.6 Å². The molecule has 2 rings (SSSR count). The van der Waals surface area contributed by atoms with Crippen LogP contribution in [0.3, 0.4) is 0 Å². The van der Waals surface area contributed by atoms with Crippen LogP contribution in [0.25, 0.3) is 10.6 Å². The Bertz CT molecular complexity index is 522. The van der Waals surface area contributed by atoms with E-state index >= 15 is 0 Å². The molecule has 0 spiro atoms. The lowest BCUT2D eigenvalue weighted by Gasteiger charge is -2.14. The molecule has 0 fully saturated rings. The van der Waals surface area contributed by atoms with Gasteiger partial charge in [0.2, 0.25) is 0 Å². The molecule has 0 saturated carbocycles. The van der Waals surface area contributed by atoms with Gasteiger partial charge in [-0.25, -0.2) is 9.37 Å². The van der Waals surface area contributed by atoms with Gasteiger partial charge in [0.1, 0.15) is 10.8 Å². The molecule has 0 aliphatic rings. The summed E-state index contributed by atoms with van der Waals surface area (Å²) in [5, 5.41) is 3.00. The van der Waals surface area contributed by atoms with Crippen LogP contribution in [0.5, 0.6) is 0 Å². The van der Waals surface area contributed by atoms with Gasteiger partial charge >= 0.3 is 0 Å². The van der Waals surface area contributed by atoms with Gasteiger partial charge < -0.3 is 0 Å². The Balaban J connectivity index is 2.51. The summed E-state index contributed by atoms with van der Waals surface area (Å²) < 4.78 is 13.7. The fourth-order valence-electron chi connectivity index (χ4n) is 1.44. The van der Waals surface area contributed by atoms with Crippen molar-refractivity contribution in [3.63, 3.8) is 0 Å². The van der Waals surface area contributed by atoms with Crippen molar-refractivity contribution in [1.29, 1.82) is 0 Å². The second kappa shape index (κ2) is 4.39. The second-order valence-electron chi connectivity index (χ2n) is 4.88. The lowest BCUT2D eigenvalue weighted by atomic mass is 9.93. The minimum absolute atomic E-state index is 0.0352. The molecule has 0 aliphatic heterocycles. The van der Waals surface area contributed by atoms with E-state index < -0.39 is 0 Å². The largest absolute Gasteiger partial charge is 0.240 e. The van der Waals surface area contributed by atoms with E-state index in [9.17, 15) is 4.39 Å². The number of halogens is 2. The summed E-state index contributed by atoms with van der Waals surface area (Å²) in [6.45, 7) is 6.23. The van der Waals surface area contributed by atoms with Crippen molar-refractivity contribution < 1.29 is 4.39 Å². The summed E-state index contributed by atoms with van der Waals surface area (Å²) in [6, 6.07) is 4.68. The normalized spacial score (nSPS) is 11.8. The Kier molecular flexibility index (Phi) is 3.23. The van der Waals surface area contributed by atoms with Gasteiger partial charge in [-0.2, -0.15) is 0 Å². The fraction of sp³-hybridized carbons (Fsp3) is 0.308. The molecular formula is C13H13ClFNS. The third kappa shape index (κ3) is 2.50. The molecule has 1 aromatic heterocycles. The van der Waals surface area contributed by atoms with E-state index in [1.54, 1.807) is 12.1 Å². The molecule has 0 saturated heterocycles. The molecule has 1 aromatic carbocycles. The van der Waals surface area contributed by atoms with Crippen LogP contribution in [0.15, 0.2) is 23.6 Å². The van der Waals surface area contributed by atoms with E-state index in [-0.39, 0.29) is 11.2 Å². The Hall–Kier alpha value is -0.930. The molecule has 90 valence electrons. The lowest BCUT2D eigenvalue weighted by Crippen LogP contribution is -2.11. The second-order valence-corrected chi connectivity index (χ2v) is 6.15. The maximum absolute atomic E-state index is 13.7. The SMILES string of the molecule is CC(C)(C)c1csc(-c2c(F)cccc2Cl)n1. The molecule has 1 nitrogen and oxygen atoms in total. The Morgan fingerprint density at radius 3 is 2.53 bits per heavy atom. The molecule has 0 unspecified atom stereocenters. The number of thiazole rings is 1. The molecule has 1 heterocycles. The minimum atomic E-state index is -0.327. The topological polar surface area (TPSA) is 12.9 Å². The van der Waals surface area contributed by atoms with Crippen molar-refractivity contribution in [3.05, 3.63) is 40.1 Å². The first-order chi connectivity index (χ1) is 7.89. The van der Waals surface area contributed by atoms with Crippen molar-refractivity contribution in [2.45, 2.75) is 26.2 Å². The van der Waals surface area contributed by atoms with Gasteiger partial charge in [-0.15, -0.1) is 11.3 Å².